The average molecular weight is 325 g/mol. The standard InChI is InChI=1S/C17H27NO5/c1-17(2,3)23-16(21)18-14(15(20)9-10-19)12-22-11-13-7-5-4-6-8-13/h4-8,14-15,19-20H,9-12H2,1-3H3,(H,18,21)/t14-,15-/m1/s1. The molecule has 1 rings (SSSR count). The van der Waals surface area contributed by atoms with Crippen LogP contribution in [0.15, 0.2) is 30.3 Å². The van der Waals surface area contributed by atoms with Crippen LogP contribution < -0.4 is 5.32 Å². The fraction of sp³-hybridized carbons (Fsp3) is 0.588. The predicted molar refractivity (Wildman–Crippen MR) is 87.0 cm³/mol. The minimum absolute atomic E-state index is 0.120. The van der Waals surface area contributed by atoms with Gasteiger partial charge in [-0.05, 0) is 32.8 Å². The zero-order valence-corrected chi connectivity index (χ0v) is 14.0. The lowest BCUT2D eigenvalue weighted by Gasteiger charge is -2.26. The quantitative estimate of drug-likeness (QED) is 0.679. The average Bonchev–Trinajstić information content (AvgIpc) is 2.45. The van der Waals surface area contributed by atoms with E-state index in [2.05, 4.69) is 5.32 Å². The highest BCUT2D eigenvalue weighted by Crippen LogP contribution is 2.09. The van der Waals surface area contributed by atoms with Crippen LogP contribution in [0, 0.1) is 0 Å². The predicted octanol–water partition coefficient (Wildman–Crippen LogP) is 1.84. The van der Waals surface area contributed by atoms with E-state index in [9.17, 15) is 9.90 Å². The van der Waals surface area contributed by atoms with Crippen molar-refractivity contribution in [1.29, 1.82) is 0 Å². The van der Waals surface area contributed by atoms with Gasteiger partial charge in [0.2, 0.25) is 0 Å². The summed E-state index contributed by atoms with van der Waals surface area (Å²) in [6.07, 6.45) is -1.39. The van der Waals surface area contributed by atoms with Gasteiger partial charge in [0.1, 0.15) is 5.60 Å². The van der Waals surface area contributed by atoms with Crippen molar-refractivity contribution in [3.05, 3.63) is 35.9 Å². The van der Waals surface area contributed by atoms with Gasteiger partial charge < -0.3 is 25.0 Å². The van der Waals surface area contributed by atoms with Gasteiger partial charge in [0.05, 0.1) is 25.4 Å². The molecule has 0 bridgehead atoms. The molecule has 1 aromatic rings. The lowest BCUT2D eigenvalue weighted by atomic mass is 10.1. The molecule has 3 N–H and O–H groups in total. The summed E-state index contributed by atoms with van der Waals surface area (Å²) in [5, 5.41) is 21.6. The first-order valence-corrected chi connectivity index (χ1v) is 7.72. The van der Waals surface area contributed by atoms with Gasteiger partial charge >= 0.3 is 6.09 Å². The van der Waals surface area contributed by atoms with E-state index < -0.39 is 23.8 Å². The normalized spacial score (nSPS) is 14.1. The van der Waals surface area contributed by atoms with Gasteiger partial charge in [-0.1, -0.05) is 30.3 Å². The molecule has 0 unspecified atom stereocenters. The number of aliphatic hydroxyl groups is 2. The fourth-order valence-corrected chi connectivity index (χ4v) is 1.92. The second-order valence-electron chi connectivity index (χ2n) is 6.33. The molecule has 1 aromatic carbocycles. The first kappa shape index (κ1) is 19.4. The highest BCUT2D eigenvalue weighted by Gasteiger charge is 2.24. The fourth-order valence-electron chi connectivity index (χ4n) is 1.92. The zero-order chi connectivity index (χ0) is 17.3. The van der Waals surface area contributed by atoms with E-state index in [4.69, 9.17) is 14.6 Å². The minimum atomic E-state index is -0.914. The van der Waals surface area contributed by atoms with Crippen LogP contribution in [0.4, 0.5) is 4.79 Å². The number of nitrogens with one attached hydrogen (secondary N) is 1. The van der Waals surface area contributed by atoms with Gasteiger partial charge in [0.25, 0.3) is 0 Å². The Labute approximate surface area is 137 Å². The van der Waals surface area contributed by atoms with E-state index in [1.54, 1.807) is 20.8 Å². The molecular weight excluding hydrogens is 298 g/mol. The molecule has 0 aliphatic heterocycles. The van der Waals surface area contributed by atoms with Gasteiger partial charge in [0, 0.05) is 6.61 Å². The lowest BCUT2D eigenvalue weighted by Crippen LogP contribution is -2.48. The molecule has 0 aliphatic rings. The Hall–Kier alpha value is -1.63. The van der Waals surface area contributed by atoms with Crippen molar-refractivity contribution < 1.29 is 24.5 Å². The van der Waals surface area contributed by atoms with Gasteiger partial charge in [-0.25, -0.2) is 4.79 Å². The van der Waals surface area contributed by atoms with Crippen LogP contribution in [0.2, 0.25) is 0 Å². The second-order valence-corrected chi connectivity index (χ2v) is 6.33. The topological polar surface area (TPSA) is 88.0 Å². The van der Waals surface area contributed by atoms with Crippen molar-refractivity contribution in [2.24, 2.45) is 0 Å². The van der Waals surface area contributed by atoms with E-state index >= 15 is 0 Å². The molecule has 0 saturated heterocycles. The maximum absolute atomic E-state index is 11.8. The summed E-state index contributed by atoms with van der Waals surface area (Å²) >= 11 is 0. The Morgan fingerprint density at radius 1 is 1.26 bits per heavy atom. The van der Waals surface area contributed by atoms with Crippen LogP contribution in [0.5, 0.6) is 0 Å². The van der Waals surface area contributed by atoms with Crippen molar-refractivity contribution in [2.45, 2.75) is 51.5 Å². The van der Waals surface area contributed by atoms with Crippen molar-refractivity contribution in [3.8, 4) is 0 Å². The Morgan fingerprint density at radius 2 is 1.91 bits per heavy atom. The van der Waals surface area contributed by atoms with Crippen molar-refractivity contribution in [2.75, 3.05) is 13.2 Å². The van der Waals surface area contributed by atoms with Gasteiger partial charge in [0.15, 0.2) is 0 Å². The monoisotopic (exact) mass is 325 g/mol. The van der Waals surface area contributed by atoms with Crippen molar-refractivity contribution >= 4 is 6.09 Å². The molecule has 0 saturated carbocycles. The third kappa shape index (κ3) is 8.54. The van der Waals surface area contributed by atoms with E-state index in [1.807, 2.05) is 30.3 Å². The maximum atomic E-state index is 11.8. The number of benzene rings is 1. The van der Waals surface area contributed by atoms with Crippen molar-refractivity contribution in [3.63, 3.8) is 0 Å². The molecular formula is C17H27NO5. The van der Waals surface area contributed by atoms with Crippen LogP contribution in [-0.2, 0) is 16.1 Å². The molecule has 0 aliphatic carbocycles. The Kier molecular flexibility index (Phi) is 8.02. The van der Waals surface area contributed by atoms with Gasteiger partial charge in [-0.15, -0.1) is 0 Å². The molecule has 2 atom stereocenters. The number of amides is 1. The van der Waals surface area contributed by atoms with Crippen LogP contribution in [0.1, 0.15) is 32.8 Å². The third-order valence-corrected chi connectivity index (χ3v) is 3.00. The molecule has 6 heteroatoms. The molecule has 0 aromatic heterocycles. The molecule has 0 heterocycles. The van der Waals surface area contributed by atoms with Crippen LogP contribution in [0.3, 0.4) is 0 Å². The van der Waals surface area contributed by atoms with E-state index in [0.29, 0.717) is 6.61 Å². The summed E-state index contributed by atoms with van der Waals surface area (Å²) in [5.74, 6) is 0. The van der Waals surface area contributed by atoms with Crippen molar-refractivity contribution in [1.82, 2.24) is 5.32 Å². The van der Waals surface area contributed by atoms with E-state index in [-0.39, 0.29) is 19.6 Å². The highest BCUT2D eigenvalue weighted by atomic mass is 16.6. The highest BCUT2D eigenvalue weighted by molar-refractivity contribution is 5.68. The lowest BCUT2D eigenvalue weighted by molar-refractivity contribution is 0.0133. The van der Waals surface area contributed by atoms with E-state index in [0.717, 1.165) is 5.56 Å². The summed E-state index contributed by atoms with van der Waals surface area (Å²) < 4.78 is 10.8. The number of carbonyl (C=O) groups is 1. The molecule has 1 amide bonds. The summed E-state index contributed by atoms with van der Waals surface area (Å²) in [5.41, 5.74) is 0.377. The second kappa shape index (κ2) is 9.50. The molecule has 0 radical (unpaired) electrons. The number of hydrogen-bond donors (Lipinski definition) is 3. The summed E-state index contributed by atoms with van der Waals surface area (Å²) in [6.45, 7) is 5.60. The SMILES string of the molecule is CC(C)(C)OC(=O)N[C@H](COCc1ccccc1)[C@H](O)CCO. The Balaban J connectivity index is 2.53. The van der Waals surface area contributed by atoms with Crippen LogP contribution in [-0.4, -0.2) is 47.3 Å². The Bertz CT molecular complexity index is 458. The summed E-state index contributed by atoms with van der Waals surface area (Å²) in [6, 6.07) is 8.95. The van der Waals surface area contributed by atoms with Crippen LogP contribution >= 0.6 is 0 Å². The first-order valence-electron chi connectivity index (χ1n) is 7.72. The zero-order valence-electron chi connectivity index (χ0n) is 14.0. The number of ether oxygens (including phenoxy) is 2. The summed E-state index contributed by atoms with van der Waals surface area (Å²) in [7, 11) is 0. The molecule has 23 heavy (non-hydrogen) atoms. The molecule has 130 valence electrons. The first-order chi connectivity index (χ1) is 10.8. The minimum Gasteiger partial charge on any atom is -0.444 e. The summed E-state index contributed by atoms with van der Waals surface area (Å²) in [4.78, 5) is 11.8. The largest absolute Gasteiger partial charge is 0.444 e. The number of hydrogen-bond acceptors (Lipinski definition) is 5. The van der Waals surface area contributed by atoms with Gasteiger partial charge in [-0.3, -0.25) is 0 Å². The number of aliphatic hydroxyl groups excluding tert-OH is 2. The Morgan fingerprint density at radius 3 is 2.48 bits per heavy atom. The maximum Gasteiger partial charge on any atom is 0.408 e. The molecule has 6 nitrogen and oxygen atoms in total. The van der Waals surface area contributed by atoms with Gasteiger partial charge in [-0.2, -0.15) is 0 Å². The molecule has 0 fully saturated rings. The number of rotatable bonds is 8. The molecule has 0 spiro atoms. The smallest absolute Gasteiger partial charge is 0.408 e. The van der Waals surface area contributed by atoms with E-state index in [1.165, 1.54) is 0 Å². The number of alkyl carbamates (subject to hydrolysis) is 1. The van der Waals surface area contributed by atoms with Crippen LogP contribution in [0.25, 0.3) is 0 Å². The number of carbonyl (C=O) groups excluding carboxylic acids is 1. The third-order valence-electron chi connectivity index (χ3n) is 3.00.